The molecular weight excluding hydrogens is 313 g/mol. The number of hydrogen-bond donors (Lipinski definition) is 1. The molecule has 1 fully saturated rings. The van der Waals surface area contributed by atoms with Gasteiger partial charge in [0.1, 0.15) is 11.9 Å². The molecule has 2 amide bonds. The Bertz CT molecular complexity index is 841. The summed E-state index contributed by atoms with van der Waals surface area (Å²) in [6.45, 7) is 4.10. The summed E-state index contributed by atoms with van der Waals surface area (Å²) in [7, 11) is 0. The van der Waals surface area contributed by atoms with Crippen LogP contribution >= 0.6 is 0 Å². The molecule has 0 radical (unpaired) electrons. The number of fused-ring (bicyclic) bond motifs is 1. The van der Waals surface area contributed by atoms with Gasteiger partial charge in [-0.1, -0.05) is 0 Å². The van der Waals surface area contributed by atoms with Gasteiger partial charge < -0.3 is 4.74 Å². The summed E-state index contributed by atoms with van der Waals surface area (Å²) in [6, 6.07) is 2.37. The zero-order valence-corrected chi connectivity index (χ0v) is 13.5. The molecule has 1 N–H and O–H groups in total. The first-order valence-corrected chi connectivity index (χ1v) is 7.82. The van der Waals surface area contributed by atoms with E-state index in [1.165, 1.54) is 12.3 Å². The number of benzene rings is 1. The van der Waals surface area contributed by atoms with E-state index in [0.717, 1.165) is 0 Å². The Balaban J connectivity index is 2.10. The Kier molecular flexibility index (Phi) is 4.33. The van der Waals surface area contributed by atoms with E-state index in [1.807, 2.05) is 6.92 Å². The average molecular weight is 331 g/mol. The van der Waals surface area contributed by atoms with E-state index in [9.17, 15) is 14.0 Å². The summed E-state index contributed by atoms with van der Waals surface area (Å²) in [5.74, 6) is -1.05. The van der Waals surface area contributed by atoms with Crippen molar-refractivity contribution in [3.63, 3.8) is 0 Å². The predicted molar refractivity (Wildman–Crippen MR) is 86.5 cm³/mol. The van der Waals surface area contributed by atoms with Crippen LogP contribution in [0, 0.1) is 12.7 Å². The van der Waals surface area contributed by atoms with Gasteiger partial charge in [0.25, 0.3) is 5.91 Å². The molecule has 1 aliphatic heterocycles. The molecule has 1 unspecified atom stereocenters. The van der Waals surface area contributed by atoms with Crippen molar-refractivity contribution < 1.29 is 18.7 Å². The van der Waals surface area contributed by atoms with Crippen LogP contribution in [0.15, 0.2) is 18.4 Å². The molecule has 1 atom stereocenters. The summed E-state index contributed by atoms with van der Waals surface area (Å²) in [4.78, 5) is 23.5. The second-order valence-corrected chi connectivity index (χ2v) is 5.61. The molecule has 0 bridgehead atoms. The minimum atomic E-state index is -0.576. The molecule has 0 aliphatic carbocycles. The Hall–Kier alpha value is -2.70. The van der Waals surface area contributed by atoms with Crippen molar-refractivity contribution in [2.24, 2.45) is 0 Å². The summed E-state index contributed by atoms with van der Waals surface area (Å²) >= 11 is 0. The van der Waals surface area contributed by atoms with Gasteiger partial charge in [0, 0.05) is 17.4 Å². The van der Waals surface area contributed by atoms with Gasteiger partial charge in [-0.15, -0.1) is 0 Å². The molecule has 6 nitrogen and oxygen atoms in total. The molecule has 1 aromatic heterocycles. The van der Waals surface area contributed by atoms with E-state index in [4.69, 9.17) is 4.74 Å². The van der Waals surface area contributed by atoms with Crippen molar-refractivity contribution in [3.05, 3.63) is 35.5 Å². The number of hydrogen-bond acceptors (Lipinski definition) is 4. The van der Waals surface area contributed by atoms with Crippen LogP contribution in [0.2, 0.25) is 0 Å². The zero-order chi connectivity index (χ0) is 17.3. The number of carbonyl (C=O) groups excluding carboxylic acids is 2. The Labute approximate surface area is 138 Å². The van der Waals surface area contributed by atoms with Gasteiger partial charge in [-0.2, -0.15) is 5.10 Å². The molecule has 126 valence electrons. The third-order valence-corrected chi connectivity index (χ3v) is 4.04. The van der Waals surface area contributed by atoms with E-state index in [1.54, 1.807) is 23.7 Å². The number of aryl methyl sites for hydroxylation is 1. The first-order chi connectivity index (χ1) is 11.5. The van der Waals surface area contributed by atoms with Crippen molar-refractivity contribution in [1.29, 1.82) is 0 Å². The maximum Gasteiger partial charge on any atom is 0.251 e. The summed E-state index contributed by atoms with van der Waals surface area (Å²) in [5.41, 5.74) is 1.64. The first kappa shape index (κ1) is 16.2. The number of rotatable bonds is 4. The number of imide groups is 1. The van der Waals surface area contributed by atoms with Crippen molar-refractivity contribution in [3.8, 4) is 0 Å². The van der Waals surface area contributed by atoms with Gasteiger partial charge in [-0.3, -0.25) is 19.6 Å². The minimum absolute atomic E-state index is 0.259. The standard InChI is InChI=1S/C17H18FN3O3/c1-3-24-9-8-11-12(18)4-5-13-16(11)10(2)20-21(13)14-6-7-15(22)19-17(14)23/h4-5,8-9,14H,3,6-7H2,1-2H3,(H,19,22,23)/b9-8+. The molecule has 3 rings (SSSR count). The molecule has 0 saturated carbocycles. The summed E-state index contributed by atoms with van der Waals surface area (Å²) < 4.78 is 21.0. The highest BCUT2D eigenvalue weighted by Gasteiger charge is 2.30. The van der Waals surface area contributed by atoms with Crippen LogP contribution in [-0.2, 0) is 14.3 Å². The summed E-state index contributed by atoms with van der Waals surface area (Å²) in [5, 5.41) is 7.38. The van der Waals surface area contributed by atoms with Gasteiger partial charge in [0.15, 0.2) is 0 Å². The van der Waals surface area contributed by atoms with Crippen LogP contribution in [0.3, 0.4) is 0 Å². The molecule has 1 aromatic carbocycles. The largest absolute Gasteiger partial charge is 0.501 e. The van der Waals surface area contributed by atoms with Gasteiger partial charge >= 0.3 is 0 Å². The highest BCUT2D eigenvalue weighted by molar-refractivity contribution is 6.00. The van der Waals surface area contributed by atoms with Crippen LogP contribution in [0.5, 0.6) is 0 Å². The fourth-order valence-electron chi connectivity index (χ4n) is 2.95. The highest BCUT2D eigenvalue weighted by atomic mass is 19.1. The smallest absolute Gasteiger partial charge is 0.251 e. The minimum Gasteiger partial charge on any atom is -0.501 e. The molecular formula is C17H18FN3O3. The predicted octanol–water partition coefficient (Wildman–Crippen LogP) is 2.47. The number of amides is 2. The van der Waals surface area contributed by atoms with Gasteiger partial charge in [-0.25, -0.2) is 4.39 Å². The van der Waals surface area contributed by atoms with Crippen LogP contribution in [0.1, 0.15) is 37.1 Å². The number of aromatic nitrogens is 2. The zero-order valence-electron chi connectivity index (χ0n) is 13.5. The molecule has 2 aromatic rings. The van der Waals surface area contributed by atoms with E-state index < -0.39 is 6.04 Å². The lowest BCUT2D eigenvalue weighted by atomic mass is 10.0. The molecule has 1 aliphatic rings. The van der Waals surface area contributed by atoms with Crippen LogP contribution < -0.4 is 5.32 Å². The molecule has 7 heteroatoms. The number of piperidine rings is 1. The Morgan fingerprint density at radius 1 is 1.46 bits per heavy atom. The molecule has 1 saturated heterocycles. The molecule has 24 heavy (non-hydrogen) atoms. The number of nitrogens with zero attached hydrogens (tertiary/aromatic N) is 2. The quantitative estimate of drug-likeness (QED) is 0.690. The van der Waals surface area contributed by atoms with Crippen molar-refractivity contribution in [1.82, 2.24) is 15.1 Å². The normalized spacial score (nSPS) is 18.4. The second kappa shape index (κ2) is 6.43. The van der Waals surface area contributed by atoms with E-state index >= 15 is 0 Å². The number of carbonyl (C=O) groups is 2. The van der Waals surface area contributed by atoms with Gasteiger partial charge in [0.05, 0.1) is 24.1 Å². The number of nitrogens with one attached hydrogen (secondary N) is 1. The molecule has 0 spiro atoms. The molecule has 2 heterocycles. The lowest BCUT2D eigenvalue weighted by Crippen LogP contribution is -2.42. The Morgan fingerprint density at radius 3 is 2.96 bits per heavy atom. The third-order valence-electron chi connectivity index (χ3n) is 4.04. The van der Waals surface area contributed by atoms with Gasteiger partial charge in [-0.05, 0) is 38.5 Å². The fraction of sp³-hybridized carbons (Fsp3) is 0.353. The number of halogens is 1. The van der Waals surface area contributed by atoms with Gasteiger partial charge in [0.2, 0.25) is 5.91 Å². The average Bonchev–Trinajstić information content (AvgIpc) is 2.86. The second-order valence-electron chi connectivity index (χ2n) is 5.61. The van der Waals surface area contributed by atoms with Crippen molar-refractivity contribution in [2.45, 2.75) is 32.7 Å². The SMILES string of the molecule is CCO/C=C/c1c(F)ccc2c1c(C)nn2C1CCC(=O)NC1=O. The first-order valence-electron chi connectivity index (χ1n) is 7.82. The summed E-state index contributed by atoms with van der Waals surface area (Å²) in [6.07, 6.45) is 3.64. The third kappa shape index (κ3) is 2.77. The Morgan fingerprint density at radius 2 is 2.25 bits per heavy atom. The lowest BCUT2D eigenvalue weighted by molar-refractivity contribution is -0.135. The number of ether oxygens (including phenoxy) is 1. The fourth-order valence-corrected chi connectivity index (χ4v) is 2.95. The lowest BCUT2D eigenvalue weighted by Gasteiger charge is -2.21. The van der Waals surface area contributed by atoms with Crippen LogP contribution in [0.25, 0.3) is 17.0 Å². The maximum atomic E-state index is 14.2. The van der Waals surface area contributed by atoms with Crippen molar-refractivity contribution >= 4 is 28.8 Å². The van der Waals surface area contributed by atoms with Crippen LogP contribution in [-0.4, -0.2) is 28.2 Å². The van der Waals surface area contributed by atoms with E-state index in [0.29, 0.717) is 35.2 Å². The van der Waals surface area contributed by atoms with E-state index in [-0.39, 0.29) is 24.1 Å². The maximum absolute atomic E-state index is 14.2. The topological polar surface area (TPSA) is 73.2 Å². The monoisotopic (exact) mass is 331 g/mol. The highest BCUT2D eigenvalue weighted by Crippen LogP contribution is 2.30. The van der Waals surface area contributed by atoms with E-state index in [2.05, 4.69) is 10.4 Å². The van der Waals surface area contributed by atoms with Crippen LogP contribution in [0.4, 0.5) is 4.39 Å². The van der Waals surface area contributed by atoms with Crippen molar-refractivity contribution in [2.75, 3.05) is 6.61 Å².